The zero-order valence-corrected chi connectivity index (χ0v) is 11.4. The van der Waals surface area contributed by atoms with Crippen LogP contribution in [0.15, 0.2) is 0 Å². The van der Waals surface area contributed by atoms with E-state index in [-0.39, 0.29) is 12.0 Å². The van der Waals surface area contributed by atoms with Gasteiger partial charge in [-0.05, 0) is 25.9 Å². The van der Waals surface area contributed by atoms with Crippen molar-refractivity contribution < 1.29 is 19.4 Å². The first-order valence-corrected chi connectivity index (χ1v) is 6.89. The fourth-order valence-corrected chi connectivity index (χ4v) is 2.88. The number of rotatable bonds is 5. The molecule has 0 radical (unpaired) electrons. The van der Waals surface area contributed by atoms with Crippen LogP contribution in [0.1, 0.15) is 25.7 Å². The second kappa shape index (κ2) is 6.34. The van der Waals surface area contributed by atoms with Crippen molar-refractivity contribution in [2.24, 2.45) is 0 Å². The predicted molar refractivity (Wildman–Crippen MR) is 68.8 cm³/mol. The van der Waals surface area contributed by atoms with Gasteiger partial charge in [-0.3, -0.25) is 4.79 Å². The van der Waals surface area contributed by atoms with Crippen molar-refractivity contribution in [2.75, 3.05) is 33.3 Å². The minimum absolute atomic E-state index is 0.0705. The van der Waals surface area contributed by atoms with Crippen LogP contribution < -0.4 is 0 Å². The Bertz CT molecular complexity index is 342. The number of carbonyl (C=O) groups is 2. The van der Waals surface area contributed by atoms with E-state index in [1.54, 1.807) is 7.11 Å². The second-order valence-corrected chi connectivity index (χ2v) is 5.29. The predicted octanol–water partition coefficient (Wildman–Crippen LogP) is 0.173. The number of hydrogen-bond acceptors (Lipinski definition) is 4. The fraction of sp³-hybridized carbons (Fsp3) is 0.846. The van der Waals surface area contributed by atoms with Crippen molar-refractivity contribution in [1.82, 2.24) is 9.80 Å². The number of carbonyl (C=O) groups excluding carboxylic acids is 1. The maximum absolute atomic E-state index is 12.2. The summed E-state index contributed by atoms with van der Waals surface area (Å²) in [5.41, 5.74) is 0. The van der Waals surface area contributed by atoms with Crippen molar-refractivity contribution in [1.29, 1.82) is 0 Å². The highest BCUT2D eigenvalue weighted by atomic mass is 16.5. The van der Waals surface area contributed by atoms with Crippen molar-refractivity contribution in [3.05, 3.63) is 0 Å². The normalized spacial score (nSPS) is 27.9. The Morgan fingerprint density at radius 2 is 2.00 bits per heavy atom. The van der Waals surface area contributed by atoms with Crippen LogP contribution >= 0.6 is 0 Å². The monoisotopic (exact) mass is 270 g/mol. The van der Waals surface area contributed by atoms with E-state index in [9.17, 15) is 9.59 Å². The number of aliphatic carboxylic acids is 1. The number of nitrogens with zero attached hydrogens (tertiary/aromatic N) is 2. The average molecular weight is 270 g/mol. The first kappa shape index (κ1) is 14.3. The Hall–Kier alpha value is -1.14. The molecule has 6 heteroatoms. The van der Waals surface area contributed by atoms with E-state index in [2.05, 4.69) is 4.90 Å². The summed E-state index contributed by atoms with van der Waals surface area (Å²) >= 11 is 0. The lowest BCUT2D eigenvalue weighted by Crippen LogP contribution is -2.41. The molecule has 2 fully saturated rings. The molecule has 2 rings (SSSR count). The maximum atomic E-state index is 12.2. The Labute approximate surface area is 113 Å². The number of ether oxygens (including phenoxy) is 1. The molecule has 0 aromatic carbocycles. The second-order valence-electron chi connectivity index (χ2n) is 5.29. The maximum Gasteiger partial charge on any atom is 0.326 e. The van der Waals surface area contributed by atoms with E-state index in [4.69, 9.17) is 9.84 Å². The van der Waals surface area contributed by atoms with Gasteiger partial charge < -0.3 is 19.6 Å². The summed E-state index contributed by atoms with van der Waals surface area (Å²) < 4.78 is 5.18. The molecule has 2 unspecified atom stereocenters. The van der Waals surface area contributed by atoms with Crippen LogP contribution in [-0.2, 0) is 14.3 Å². The minimum atomic E-state index is -0.936. The summed E-state index contributed by atoms with van der Waals surface area (Å²) in [4.78, 5) is 27.1. The van der Waals surface area contributed by atoms with Crippen LogP contribution in [0.4, 0.5) is 0 Å². The molecule has 0 spiro atoms. The summed E-state index contributed by atoms with van der Waals surface area (Å²) in [5, 5.41) is 9.17. The van der Waals surface area contributed by atoms with Gasteiger partial charge in [0.2, 0.25) is 5.91 Å². The van der Waals surface area contributed by atoms with Gasteiger partial charge >= 0.3 is 5.97 Å². The lowest BCUT2D eigenvalue weighted by Gasteiger charge is -2.22. The van der Waals surface area contributed by atoms with Crippen LogP contribution in [0, 0.1) is 0 Å². The van der Waals surface area contributed by atoms with E-state index < -0.39 is 12.0 Å². The molecule has 1 N–H and O–H groups in total. The zero-order valence-electron chi connectivity index (χ0n) is 11.4. The number of methoxy groups -OCH3 is 1. The van der Waals surface area contributed by atoms with E-state index in [0.717, 1.165) is 19.6 Å². The molecular formula is C13H22N2O4. The number of carboxylic acids is 1. The van der Waals surface area contributed by atoms with Crippen molar-refractivity contribution >= 4 is 11.9 Å². The van der Waals surface area contributed by atoms with E-state index >= 15 is 0 Å². The van der Waals surface area contributed by atoms with Gasteiger partial charge in [-0.25, -0.2) is 4.79 Å². The summed E-state index contributed by atoms with van der Waals surface area (Å²) in [7, 11) is 1.56. The quantitative estimate of drug-likeness (QED) is 0.771. The molecule has 0 aliphatic carbocycles. The molecule has 0 saturated carbocycles. The SMILES string of the molecule is COC1CC(C(=O)O)N(C(=O)CCN2CCCC2)C1. The largest absolute Gasteiger partial charge is 0.480 e. The molecule has 2 aliphatic rings. The van der Waals surface area contributed by atoms with E-state index in [1.165, 1.54) is 17.7 Å². The third kappa shape index (κ3) is 3.45. The smallest absolute Gasteiger partial charge is 0.326 e. The van der Waals surface area contributed by atoms with Gasteiger partial charge in [0.15, 0.2) is 0 Å². The number of carboxylic acid groups (broad SMARTS) is 1. The zero-order chi connectivity index (χ0) is 13.8. The summed E-state index contributed by atoms with van der Waals surface area (Å²) in [5.74, 6) is -1.01. The fourth-order valence-electron chi connectivity index (χ4n) is 2.88. The molecule has 0 aromatic rings. The molecule has 108 valence electrons. The highest BCUT2D eigenvalue weighted by Gasteiger charge is 2.39. The van der Waals surface area contributed by atoms with Gasteiger partial charge in [0.1, 0.15) is 6.04 Å². The lowest BCUT2D eigenvalue weighted by molar-refractivity contribution is -0.148. The van der Waals surface area contributed by atoms with Crippen LogP contribution in [-0.4, -0.2) is 72.2 Å². The van der Waals surface area contributed by atoms with Gasteiger partial charge in [-0.2, -0.15) is 0 Å². The highest BCUT2D eigenvalue weighted by molar-refractivity contribution is 5.84. The topological polar surface area (TPSA) is 70.1 Å². The molecule has 6 nitrogen and oxygen atoms in total. The molecule has 2 heterocycles. The van der Waals surface area contributed by atoms with Crippen LogP contribution in [0.2, 0.25) is 0 Å². The average Bonchev–Trinajstić information content (AvgIpc) is 3.04. The number of hydrogen-bond donors (Lipinski definition) is 1. The Morgan fingerprint density at radius 1 is 1.32 bits per heavy atom. The van der Waals surface area contributed by atoms with Gasteiger partial charge in [0.25, 0.3) is 0 Å². The lowest BCUT2D eigenvalue weighted by atomic mass is 10.2. The van der Waals surface area contributed by atoms with Crippen LogP contribution in [0.3, 0.4) is 0 Å². The van der Waals surface area contributed by atoms with E-state index in [0.29, 0.717) is 19.4 Å². The molecule has 0 bridgehead atoms. The Balaban J connectivity index is 1.87. The molecule has 1 amide bonds. The molecule has 2 saturated heterocycles. The third-order valence-corrected chi connectivity index (χ3v) is 4.04. The van der Waals surface area contributed by atoms with Crippen LogP contribution in [0.5, 0.6) is 0 Å². The first-order valence-electron chi connectivity index (χ1n) is 6.89. The molecule has 0 aromatic heterocycles. The van der Waals surface area contributed by atoms with Crippen molar-refractivity contribution in [3.63, 3.8) is 0 Å². The van der Waals surface area contributed by atoms with Gasteiger partial charge in [0.05, 0.1) is 6.10 Å². The van der Waals surface area contributed by atoms with Gasteiger partial charge in [0, 0.05) is 33.0 Å². The number of likely N-dealkylation sites (tertiary alicyclic amines) is 2. The van der Waals surface area contributed by atoms with E-state index in [1.807, 2.05) is 0 Å². The highest BCUT2D eigenvalue weighted by Crippen LogP contribution is 2.21. The Morgan fingerprint density at radius 3 is 2.58 bits per heavy atom. The van der Waals surface area contributed by atoms with Crippen LogP contribution in [0.25, 0.3) is 0 Å². The van der Waals surface area contributed by atoms with Crippen molar-refractivity contribution in [2.45, 2.75) is 37.8 Å². The van der Waals surface area contributed by atoms with Gasteiger partial charge in [-0.1, -0.05) is 0 Å². The molecule has 2 atom stereocenters. The summed E-state index contributed by atoms with van der Waals surface area (Å²) in [6, 6.07) is -0.726. The first-order chi connectivity index (χ1) is 9.11. The third-order valence-electron chi connectivity index (χ3n) is 4.04. The molecular weight excluding hydrogens is 248 g/mol. The summed E-state index contributed by atoms with van der Waals surface area (Å²) in [6.07, 6.45) is 3.03. The standard InChI is InChI=1S/C13H22N2O4/c1-19-10-8-11(13(17)18)15(9-10)12(16)4-7-14-5-2-3-6-14/h10-11H,2-9H2,1H3,(H,17,18). The van der Waals surface area contributed by atoms with Crippen molar-refractivity contribution in [3.8, 4) is 0 Å². The molecule has 2 aliphatic heterocycles. The Kier molecular flexibility index (Phi) is 4.76. The van der Waals surface area contributed by atoms with Gasteiger partial charge in [-0.15, -0.1) is 0 Å². The minimum Gasteiger partial charge on any atom is -0.480 e. The summed E-state index contributed by atoms with van der Waals surface area (Å²) in [6.45, 7) is 3.23. The number of amides is 1. The molecule has 19 heavy (non-hydrogen) atoms.